The van der Waals surface area contributed by atoms with Gasteiger partial charge in [-0.2, -0.15) is 0 Å². The maximum Gasteiger partial charge on any atom is 0.349 e. The van der Waals surface area contributed by atoms with Crippen LogP contribution in [0, 0.1) is 6.92 Å². The first-order valence-electron chi connectivity index (χ1n) is 10.3. The minimum absolute atomic E-state index is 0.0688. The summed E-state index contributed by atoms with van der Waals surface area (Å²) in [5.41, 5.74) is 2.51. The van der Waals surface area contributed by atoms with Gasteiger partial charge in [0.1, 0.15) is 11.1 Å². The van der Waals surface area contributed by atoms with Gasteiger partial charge in [0.15, 0.2) is 0 Å². The zero-order valence-electron chi connectivity index (χ0n) is 17.4. The molecule has 6 nitrogen and oxygen atoms in total. The monoisotopic (exact) mass is 444 g/mol. The molecule has 1 aliphatic rings. The highest BCUT2D eigenvalue weighted by atomic mass is 32.1. The van der Waals surface area contributed by atoms with Crippen LogP contribution >= 0.6 is 11.3 Å². The van der Waals surface area contributed by atoms with E-state index in [1.165, 1.54) is 16.5 Å². The largest absolute Gasteiger partial charge is 0.422 e. The molecule has 0 saturated carbocycles. The van der Waals surface area contributed by atoms with Crippen LogP contribution in [0.25, 0.3) is 11.0 Å². The van der Waals surface area contributed by atoms with Crippen LogP contribution in [0.15, 0.2) is 69.2 Å². The zero-order chi connectivity index (χ0) is 22.2. The standard InChI is InChI=1S/C25H20N2O4S/c1-15-18(24(29)27-11-9-22-17(14-27)10-12-32-22)6-4-7-20(15)26-23(28)19-13-16-5-2-3-8-21(16)31-25(19)30/h2-8,10,12-13H,9,11,14H2,1H3,(H,26,28). The Bertz CT molecular complexity index is 1420. The van der Waals surface area contributed by atoms with Gasteiger partial charge in [-0.3, -0.25) is 9.59 Å². The fraction of sp³-hybridized carbons (Fsp3) is 0.160. The molecule has 0 saturated heterocycles. The topological polar surface area (TPSA) is 79.6 Å². The van der Waals surface area contributed by atoms with Crippen molar-refractivity contribution in [2.24, 2.45) is 0 Å². The van der Waals surface area contributed by atoms with Gasteiger partial charge in [0, 0.05) is 34.6 Å². The SMILES string of the molecule is Cc1c(NC(=O)c2cc3ccccc3oc2=O)cccc1C(=O)N1CCc2sccc2C1. The maximum absolute atomic E-state index is 13.2. The molecule has 2 aromatic heterocycles. The van der Waals surface area contributed by atoms with Gasteiger partial charge in [0.2, 0.25) is 0 Å². The lowest BCUT2D eigenvalue weighted by Crippen LogP contribution is -2.35. The molecule has 160 valence electrons. The lowest BCUT2D eigenvalue weighted by molar-refractivity contribution is 0.0735. The number of amides is 2. The number of benzene rings is 2. The van der Waals surface area contributed by atoms with E-state index in [4.69, 9.17) is 4.42 Å². The van der Waals surface area contributed by atoms with Crippen LogP contribution in [0.4, 0.5) is 5.69 Å². The molecule has 2 amide bonds. The number of anilines is 1. The van der Waals surface area contributed by atoms with Crippen LogP contribution < -0.4 is 10.9 Å². The Kier molecular flexibility index (Phi) is 5.11. The number of hydrogen-bond acceptors (Lipinski definition) is 5. The number of thiophene rings is 1. The molecule has 0 aliphatic carbocycles. The Morgan fingerprint density at radius 3 is 2.78 bits per heavy atom. The van der Waals surface area contributed by atoms with Crippen LogP contribution in [0.2, 0.25) is 0 Å². The molecule has 0 radical (unpaired) electrons. The molecule has 0 spiro atoms. The Balaban J connectivity index is 1.40. The summed E-state index contributed by atoms with van der Waals surface area (Å²) in [6, 6.07) is 15.8. The molecule has 2 aromatic carbocycles. The van der Waals surface area contributed by atoms with Crippen molar-refractivity contribution in [3.63, 3.8) is 0 Å². The average molecular weight is 445 g/mol. The summed E-state index contributed by atoms with van der Waals surface area (Å²) >= 11 is 1.73. The Morgan fingerprint density at radius 2 is 1.91 bits per heavy atom. The molecule has 4 aromatic rings. The van der Waals surface area contributed by atoms with Crippen molar-refractivity contribution in [1.82, 2.24) is 4.90 Å². The van der Waals surface area contributed by atoms with Gasteiger partial charge in [-0.15, -0.1) is 11.3 Å². The van der Waals surface area contributed by atoms with E-state index in [9.17, 15) is 14.4 Å². The van der Waals surface area contributed by atoms with E-state index in [2.05, 4.69) is 16.8 Å². The predicted molar refractivity (Wildman–Crippen MR) is 124 cm³/mol. The minimum atomic E-state index is -0.703. The number of nitrogens with zero attached hydrogens (tertiary/aromatic N) is 1. The van der Waals surface area contributed by atoms with Crippen molar-refractivity contribution in [2.75, 3.05) is 11.9 Å². The second-order valence-electron chi connectivity index (χ2n) is 7.76. The van der Waals surface area contributed by atoms with E-state index in [0.717, 1.165) is 6.42 Å². The molecule has 0 unspecified atom stereocenters. The minimum Gasteiger partial charge on any atom is -0.422 e. The van der Waals surface area contributed by atoms with E-state index in [1.54, 1.807) is 54.7 Å². The van der Waals surface area contributed by atoms with E-state index in [0.29, 0.717) is 40.9 Å². The molecule has 32 heavy (non-hydrogen) atoms. The van der Waals surface area contributed by atoms with Crippen LogP contribution in [-0.4, -0.2) is 23.3 Å². The average Bonchev–Trinajstić information content (AvgIpc) is 3.27. The molecule has 0 bridgehead atoms. The second-order valence-corrected chi connectivity index (χ2v) is 8.76. The van der Waals surface area contributed by atoms with Crippen LogP contribution in [0.1, 0.15) is 36.7 Å². The normalized spacial score (nSPS) is 13.1. The molecule has 7 heteroatoms. The Hall–Kier alpha value is -3.71. The molecule has 3 heterocycles. The first-order valence-corrected chi connectivity index (χ1v) is 11.2. The molecular formula is C25H20N2O4S. The van der Waals surface area contributed by atoms with Gasteiger partial charge in [-0.05, 0) is 60.2 Å². The van der Waals surface area contributed by atoms with Crippen LogP contribution in [-0.2, 0) is 13.0 Å². The molecule has 5 rings (SSSR count). The quantitative estimate of drug-likeness (QED) is 0.468. The smallest absolute Gasteiger partial charge is 0.349 e. The third-order valence-electron chi connectivity index (χ3n) is 5.79. The summed E-state index contributed by atoms with van der Waals surface area (Å²) in [6.45, 7) is 3.05. The van der Waals surface area contributed by atoms with Crippen LogP contribution in [0.5, 0.6) is 0 Å². The first-order chi connectivity index (χ1) is 15.5. The zero-order valence-corrected chi connectivity index (χ0v) is 18.2. The summed E-state index contributed by atoms with van der Waals surface area (Å²) < 4.78 is 5.27. The third kappa shape index (κ3) is 3.61. The van der Waals surface area contributed by atoms with Gasteiger partial charge in [-0.1, -0.05) is 24.3 Å². The second kappa shape index (κ2) is 8.09. The highest BCUT2D eigenvalue weighted by molar-refractivity contribution is 7.10. The molecule has 0 atom stereocenters. The molecule has 1 aliphatic heterocycles. The van der Waals surface area contributed by atoms with Gasteiger partial charge in [0.05, 0.1) is 0 Å². The van der Waals surface area contributed by atoms with Gasteiger partial charge in [0.25, 0.3) is 11.8 Å². The number of para-hydroxylation sites is 1. The fourth-order valence-electron chi connectivity index (χ4n) is 4.00. The van der Waals surface area contributed by atoms with Crippen LogP contribution in [0.3, 0.4) is 0 Å². The number of rotatable bonds is 3. The molecular weight excluding hydrogens is 424 g/mol. The van der Waals surface area contributed by atoms with Crippen molar-refractivity contribution >= 4 is 39.8 Å². The summed E-state index contributed by atoms with van der Waals surface area (Å²) in [5, 5.41) is 5.50. The Morgan fingerprint density at radius 1 is 1.06 bits per heavy atom. The summed E-state index contributed by atoms with van der Waals surface area (Å²) in [6.07, 6.45) is 0.853. The van der Waals surface area contributed by atoms with Gasteiger partial charge < -0.3 is 14.6 Å². The predicted octanol–water partition coefficient (Wildman–Crippen LogP) is 4.61. The number of hydrogen-bond donors (Lipinski definition) is 1. The first kappa shape index (κ1) is 20.2. The maximum atomic E-state index is 13.2. The third-order valence-corrected chi connectivity index (χ3v) is 6.82. The van der Waals surface area contributed by atoms with E-state index >= 15 is 0 Å². The highest BCUT2D eigenvalue weighted by Gasteiger charge is 2.24. The molecule has 1 N–H and O–H groups in total. The van der Waals surface area contributed by atoms with Crippen molar-refractivity contribution < 1.29 is 14.0 Å². The summed E-state index contributed by atoms with van der Waals surface area (Å²) in [4.78, 5) is 41.6. The fourth-order valence-corrected chi connectivity index (χ4v) is 4.89. The van der Waals surface area contributed by atoms with Crippen molar-refractivity contribution in [3.8, 4) is 0 Å². The number of fused-ring (bicyclic) bond motifs is 2. The van der Waals surface area contributed by atoms with Crippen molar-refractivity contribution in [1.29, 1.82) is 0 Å². The lowest BCUT2D eigenvalue weighted by Gasteiger charge is -2.28. The highest BCUT2D eigenvalue weighted by Crippen LogP contribution is 2.27. The van der Waals surface area contributed by atoms with E-state index < -0.39 is 11.5 Å². The van der Waals surface area contributed by atoms with Gasteiger partial charge >= 0.3 is 5.63 Å². The number of nitrogens with one attached hydrogen (secondary N) is 1. The number of carbonyl (C=O) groups excluding carboxylic acids is 2. The molecule has 0 fully saturated rings. The summed E-state index contributed by atoms with van der Waals surface area (Å²) in [5.74, 6) is -0.640. The van der Waals surface area contributed by atoms with Crippen molar-refractivity contribution in [2.45, 2.75) is 19.9 Å². The van der Waals surface area contributed by atoms with E-state index in [-0.39, 0.29) is 11.5 Å². The lowest BCUT2D eigenvalue weighted by atomic mass is 10.0. The summed E-state index contributed by atoms with van der Waals surface area (Å²) in [7, 11) is 0. The van der Waals surface area contributed by atoms with E-state index in [1.807, 2.05) is 11.0 Å². The van der Waals surface area contributed by atoms with Gasteiger partial charge in [-0.25, -0.2) is 4.79 Å². The van der Waals surface area contributed by atoms with Crippen molar-refractivity contribution in [3.05, 3.63) is 97.5 Å². The Labute approximate surface area is 188 Å². The number of carbonyl (C=O) groups is 2.